The number of hydrogen-bond acceptors (Lipinski definition) is 4. The van der Waals surface area contributed by atoms with E-state index in [2.05, 4.69) is 181 Å². The maximum absolute atomic E-state index is 6.13. The molecule has 2 heterocycles. The Kier molecular flexibility index (Phi) is 26.2. The molecule has 2 fully saturated rings. The van der Waals surface area contributed by atoms with Gasteiger partial charge in [0, 0.05) is 8.95 Å². The first-order valence-electron chi connectivity index (χ1n) is 33.4. The molecule has 0 spiro atoms. The van der Waals surface area contributed by atoms with Gasteiger partial charge in [0.15, 0.2) is 0 Å². The van der Waals surface area contributed by atoms with Gasteiger partial charge < -0.3 is 18.6 Å². The molecule has 0 N–H and O–H groups in total. The third-order valence-electron chi connectivity index (χ3n) is 17.9. The largest absolute Gasteiger partial charge is 0.494 e. The zero-order chi connectivity index (χ0) is 58.3. The number of fused-ring (bicyclic) bond motifs is 4. The fraction of sp³-hybridized carbons (Fsp3) is 0.474. The van der Waals surface area contributed by atoms with Gasteiger partial charge in [-0.25, -0.2) is 0 Å². The highest BCUT2D eigenvalue weighted by Crippen LogP contribution is 2.45. The van der Waals surface area contributed by atoms with Gasteiger partial charge >= 0.3 is 14.2 Å². The summed E-state index contributed by atoms with van der Waals surface area (Å²) in [6.07, 6.45) is 35.6. The third-order valence-corrected chi connectivity index (χ3v) is 19.2. The van der Waals surface area contributed by atoms with Crippen LogP contribution in [0.1, 0.15) is 204 Å². The normalized spacial score (nSPS) is 13.5. The molecule has 8 aromatic rings. The number of hydrogen-bond donors (Lipinski definition) is 0. The zero-order valence-corrected chi connectivity index (χ0v) is 54.9. The lowest BCUT2D eigenvalue weighted by molar-refractivity contribution is 0.365. The Labute approximate surface area is 523 Å². The summed E-state index contributed by atoms with van der Waals surface area (Å²) in [5.41, 5.74) is 13.9. The molecule has 2 saturated heterocycles. The Hall–Kier alpha value is -4.27. The summed E-state index contributed by atoms with van der Waals surface area (Å²) in [4.78, 5) is 0. The Balaban J connectivity index is 0.000000205. The molecule has 0 bridgehead atoms. The van der Waals surface area contributed by atoms with Crippen molar-refractivity contribution >= 4 is 100 Å². The molecule has 2 aliphatic heterocycles. The second-order valence-electron chi connectivity index (χ2n) is 24.2. The van der Waals surface area contributed by atoms with Crippen molar-refractivity contribution in [2.75, 3.05) is 26.4 Å². The van der Waals surface area contributed by atoms with Crippen LogP contribution in [0.3, 0.4) is 0 Å². The van der Waals surface area contributed by atoms with Crippen LogP contribution in [-0.2, 0) is 44.3 Å². The van der Waals surface area contributed by atoms with Gasteiger partial charge in [0.25, 0.3) is 0 Å². The van der Waals surface area contributed by atoms with Crippen molar-refractivity contribution in [2.45, 2.75) is 207 Å². The van der Waals surface area contributed by atoms with E-state index in [0.29, 0.717) is 26.4 Å². The van der Waals surface area contributed by atoms with Crippen molar-refractivity contribution in [1.82, 2.24) is 0 Å². The second kappa shape index (κ2) is 34.3. The molecule has 0 aliphatic carbocycles. The predicted octanol–water partition coefficient (Wildman–Crippen LogP) is 21.9. The average Bonchev–Trinajstić information content (AvgIpc) is 3.70. The van der Waals surface area contributed by atoms with Crippen LogP contribution in [-0.4, -0.2) is 40.7 Å². The molecular weight excluding hydrogens is 1160 g/mol. The summed E-state index contributed by atoms with van der Waals surface area (Å²) in [6, 6.07) is 45.6. The van der Waals surface area contributed by atoms with Crippen LogP contribution >= 0.6 is 31.9 Å². The van der Waals surface area contributed by atoms with E-state index in [9.17, 15) is 0 Å². The lowest BCUT2D eigenvalue weighted by Gasteiger charge is -2.23. The van der Waals surface area contributed by atoms with Gasteiger partial charge in [-0.3, -0.25) is 0 Å². The zero-order valence-electron chi connectivity index (χ0n) is 51.7. The van der Waals surface area contributed by atoms with Gasteiger partial charge in [0.1, 0.15) is 0 Å². The van der Waals surface area contributed by atoms with Crippen molar-refractivity contribution in [3.63, 3.8) is 0 Å². The summed E-state index contributed by atoms with van der Waals surface area (Å²) in [5.74, 6) is 0. The summed E-state index contributed by atoms with van der Waals surface area (Å²) < 4.78 is 26.9. The van der Waals surface area contributed by atoms with Gasteiger partial charge in [-0.05, 0) is 162 Å². The predicted molar refractivity (Wildman–Crippen MR) is 372 cm³/mol. The number of aryl methyl sites for hydroxylation is 4. The van der Waals surface area contributed by atoms with Crippen molar-refractivity contribution in [3.05, 3.63) is 153 Å². The molecule has 8 heteroatoms. The first-order valence-corrected chi connectivity index (χ1v) is 35.0. The van der Waals surface area contributed by atoms with Crippen molar-refractivity contribution in [1.29, 1.82) is 0 Å². The van der Waals surface area contributed by atoms with Crippen LogP contribution in [0.2, 0.25) is 0 Å². The Morgan fingerprint density at radius 2 is 0.512 bits per heavy atom. The monoisotopic (exact) mass is 1250 g/mol. The molecule has 2 aliphatic rings. The standard InChI is InChI=1S/C40H52B2O4.C36H44Br2/c1-3-5-7-9-11-13-19-31-29-37(41-43-25-26-44-41)33-21-15-17-23-35(33)39(31)40-32(20-14-12-10-8-6-4-2)30-38(42-45-27-28-46-42)34-22-16-18-24-36(34)40;1-3-5-7-9-11-13-19-27-25-33(37)29-21-15-17-23-31(29)35(27)36-28(20-14-12-10-8-6-4-2)26-34(38)30-22-16-18-24-32(30)36/h15-18,21-24,29-30H,3-14,19-20,25-28H2,1-2H3;15-18,21-26H,3-14,19-20H2,1-2H3. The first-order chi connectivity index (χ1) is 41.4. The smallest absolute Gasteiger partial charge is 0.405 e. The fourth-order valence-electron chi connectivity index (χ4n) is 13.5. The highest BCUT2D eigenvalue weighted by atomic mass is 79.9. The Morgan fingerprint density at radius 1 is 0.286 bits per heavy atom. The summed E-state index contributed by atoms with van der Waals surface area (Å²) in [7, 11) is -0.610. The van der Waals surface area contributed by atoms with E-state index in [1.54, 1.807) is 0 Å². The second-order valence-corrected chi connectivity index (χ2v) is 25.9. The summed E-state index contributed by atoms with van der Waals surface area (Å²) >= 11 is 7.88. The molecular formula is C76H96B2Br2O4. The SMILES string of the molecule is CCCCCCCCc1cc(B2OCCO2)c2ccccc2c1-c1c(CCCCCCCC)cc(B2OCCO2)c2ccccc12.CCCCCCCCc1cc(Br)c2ccccc2c1-c1c(CCCCCCCC)cc(Br)c2ccccc12. The first kappa shape index (κ1) is 64.2. The van der Waals surface area contributed by atoms with Gasteiger partial charge in [0.2, 0.25) is 0 Å². The number of halogens is 2. The Morgan fingerprint density at radius 3 is 0.798 bits per heavy atom. The number of benzene rings is 8. The molecule has 0 unspecified atom stereocenters. The molecule has 0 atom stereocenters. The van der Waals surface area contributed by atoms with E-state index >= 15 is 0 Å². The minimum atomic E-state index is -0.305. The van der Waals surface area contributed by atoms with Crippen LogP contribution < -0.4 is 10.9 Å². The van der Waals surface area contributed by atoms with E-state index < -0.39 is 0 Å². The highest BCUT2D eigenvalue weighted by Gasteiger charge is 2.33. The molecule has 84 heavy (non-hydrogen) atoms. The van der Waals surface area contributed by atoms with E-state index in [-0.39, 0.29) is 14.2 Å². The van der Waals surface area contributed by atoms with Gasteiger partial charge in [-0.15, -0.1) is 0 Å². The minimum absolute atomic E-state index is 0.305. The van der Waals surface area contributed by atoms with E-state index in [4.69, 9.17) is 18.6 Å². The van der Waals surface area contributed by atoms with Gasteiger partial charge in [0.05, 0.1) is 26.4 Å². The van der Waals surface area contributed by atoms with Gasteiger partial charge in [-0.1, -0.05) is 297 Å². The van der Waals surface area contributed by atoms with Crippen LogP contribution in [0.5, 0.6) is 0 Å². The van der Waals surface area contributed by atoms with Crippen LogP contribution in [0.25, 0.3) is 65.3 Å². The molecule has 8 aromatic carbocycles. The lowest BCUT2D eigenvalue weighted by Crippen LogP contribution is -2.33. The third kappa shape index (κ3) is 16.7. The molecule has 10 rings (SSSR count). The summed E-state index contributed by atoms with van der Waals surface area (Å²) in [5, 5.41) is 10.4. The highest BCUT2D eigenvalue weighted by molar-refractivity contribution is 9.11. The van der Waals surface area contributed by atoms with Gasteiger partial charge in [-0.2, -0.15) is 0 Å². The van der Waals surface area contributed by atoms with E-state index in [0.717, 1.165) is 25.7 Å². The maximum Gasteiger partial charge on any atom is 0.494 e. The van der Waals surface area contributed by atoms with Crippen molar-refractivity contribution < 1.29 is 18.6 Å². The average molecular weight is 1260 g/mol. The number of rotatable bonds is 32. The topological polar surface area (TPSA) is 36.9 Å². The lowest BCUT2D eigenvalue weighted by atomic mass is 9.70. The van der Waals surface area contributed by atoms with Crippen LogP contribution in [0.15, 0.2) is 130 Å². The van der Waals surface area contributed by atoms with Crippen LogP contribution in [0, 0.1) is 0 Å². The fourth-order valence-corrected chi connectivity index (χ4v) is 14.8. The minimum Gasteiger partial charge on any atom is -0.405 e. The maximum atomic E-state index is 6.13. The van der Waals surface area contributed by atoms with E-state index in [1.807, 2.05) is 0 Å². The Bertz CT molecular complexity index is 3110. The van der Waals surface area contributed by atoms with Crippen molar-refractivity contribution in [2.24, 2.45) is 0 Å². The quantitative estimate of drug-likeness (QED) is 0.0311. The summed E-state index contributed by atoms with van der Waals surface area (Å²) in [6.45, 7) is 11.8. The van der Waals surface area contributed by atoms with E-state index in [1.165, 1.54) is 262 Å². The molecule has 0 saturated carbocycles. The molecule has 4 nitrogen and oxygen atoms in total. The number of unbranched alkanes of at least 4 members (excludes halogenated alkanes) is 20. The molecule has 0 amide bonds. The molecule has 0 radical (unpaired) electrons. The van der Waals surface area contributed by atoms with Crippen LogP contribution in [0.4, 0.5) is 0 Å². The van der Waals surface area contributed by atoms with Crippen molar-refractivity contribution in [3.8, 4) is 22.3 Å². The molecule has 0 aromatic heterocycles. The molecule has 444 valence electrons.